The number of nitrogens with one attached hydrogen (secondary N) is 1. The Labute approximate surface area is 121 Å². The topological polar surface area (TPSA) is 63.4 Å². The van der Waals surface area contributed by atoms with Crippen molar-refractivity contribution in [3.63, 3.8) is 0 Å². The van der Waals surface area contributed by atoms with E-state index in [2.05, 4.69) is 22.1 Å². The third-order valence-electron chi connectivity index (χ3n) is 3.65. The van der Waals surface area contributed by atoms with Gasteiger partial charge in [-0.15, -0.1) is 0 Å². The van der Waals surface area contributed by atoms with E-state index in [1.807, 2.05) is 19.1 Å². The first-order chi connectivity index (χ1) is 9.72. The standard InChI is InChI=1S/C15H26N4O/c1-3-9-19-10-7-12(8-11-19)17-14-6-5-13(16)15(18-14)20-4-2/h5-6,12H,3-4,7-11,16H2,1-2H3,(H,17,18). The van der Waals surface area contributed by atoms with Gasteiger partial charge in [0.1, 0.15) is 5.82 Å². The quantitative estimate of drug-likeness (QED) is 0.836. The molecule has 5 nitrogen and oxygen atoms in total. The van der Waals surface area contributed by atoms with E-state index in [9.17, 15) is 0 Å². The number of rotatable bonds is 6. The Bertz CT molecular complexity index is 416. The molecule has 0 atom stereocenters. The lowest BCUT2D eigenvalue weighted by Gasteiger charge is -2.32. The summed E-state index contributed by atoms with van der Waals surface area (Å²) in [5, 5.41) is 3.50. The van der Waals surface area contributed by atoms with E-state index >= 15 is 0 Å². The van der Waals surface area contributed by atoms with E-state index in [1.165, 1.54) is 26.1 Å². The highest BCUT2D eigenvalue weighted by molar-refractivity contribution is 5.53. The van der Waals surface area contributed by atoms with Crippen LogP contribution in [0.25, 0.3) is 0 Å². The Morgan fingerprint density at radius 2 is 2.10 bits per heavy atom. The Hall–Kier alpha value is -1.49. The minimum Gasteiger partial charge on any atom is -0.476 e. The molecule has 0 radical (unpaired) electrons. The summed E-state index contributed by atoms with van der Waals surface area (Å²) in [6, 6.07) is 4.27. The molecule has 1 aromatic rings. The number of ether oxygens (including phenoxy) is 1. The molecular formula is C15H26N4O. The van der Waals surface area contributed by atoms with Crippen LogP contribution in [0.3, 0.4) is 0 Å². The van der Waals surface area contributed by atoms with Gasteiger partial charge in [-0.3, -0.25) is 0 Å². The zero-order valence-corrected chi connectivity index (χ0v) is 12.6. The third-order valence-corrected chi connectivity index (χ3v) is 3.65. The molecule has 1 aliphatic rings. The highest BCUT2D eigenvalue weighted by atomic mass is 16.5. The fourth-order valence-electron chi connectivity index (χ4n) is 2.61. The van der Waals surface area contributed by atoms with Crippen LogP contribution in [0.5, 0.6) is 5.88 Å². The van der Waals surface area contributed by atoms with Crippen LogP contribution in [-0.2, 0) is 0 Å². The van der Waals surface area contributed by atoms with Crippen molar-refractivity contribution in [1.82, 2.24) is 9.88 Å². The molecule has 0 aliphatic carbocycles. The largest absolute Gasteiger partial charge is 0.476 e. The molecule has 2 heterocycles. The monoisotopic (exact) mass is 278 g/mol. The van der Waals surface area contributed by atoms with Crippen molar-refractivity contribution in [2.75, 3.05) is 37.3 Å². The molecule has 20 heavy (non-hydrogen) atoms. The molecular weight excluding hydrogens is 252 g/mol. The highest BCUT2D eigenvalue weighted by Gasteiger charge is 2.18. The number of anilines is 2. The lowest BCUT2D eigenvalue weighted by molar-refractivity contribution is 0.219. The van der Waals surface area contributed by atoms with Gasteiger partial charge >= 0.3 is 0 Å². The second kappa shape index (κ2) is 7.33. The summed E-state index contributed by atoms with van der Waals surface area (Å²) in [5.74, 6) is 1.39. The van der Waals surface area contributed by atoms with E-state index in [1.54, 1.807) is 0 Å². The third kappa shape index (κ3) is 4.00. The van der Waals surface area contributed by atoms with Crippen LogP contribution in [0, 0.1) is 0 Å². The van der Waals surface area contributed by atoms with Crippen LogP contribution in [0.15, 0.2) is 12.1 Å². The van der Waals surface area contributed by atoms with Crippen LogP contribution in [0.1, 0.15) is 33.1 Å². The number of aromatic nitrogens is 1. The number of nitrogen functional groups attached to an aromatic ring is 1. The van der Waals surface area contributed by atoms with Crippen molar-refractivity contribution in [2.24, 2.45) is 0 Å². The molecule has 5 heteroatoms. The maximum atomic E-state index is 5.84. The van der Waals surface area contributed by atoms with E-state index in [4.69, 9.17) is 10.5 Å². The fraction of sp³-hybridized carbons (Fsp3) is 0.667. The number of likely N-dealkylation sites (tertiary alicyclic amines) is 1. The summed E-state index contributed by atoms with van der Waals surface area (Å²) in [7, 11) is 0. The van der Waals surface area contributed by atoms with Gasteiger partial charge in [0.25, 0.3) is 0 Å². The van der Waals surface area contributed by atoms with Gasteiger partial charge < -0.3 is 20.7 Å². The van der Waals surface area contributed by atoms with Crippen LogP contribution in [0.4, 0.5) is 11.5 Å². The SMILES string of the molecule is CCCN1CCC(Nc2ccc(N)c(OCC)n2)CC1. The number of piperidine rings is 1. The summed E-state index contributed by atoms with van der Waals surface area (Å²) in [6.45, 7) is 8.29. The molecule has 1 aliphatic heterocycles. The molecule has 2 rings (SSSR count). The minimum absolute atomic E-state index is 0.494. The molecule has 0 spiro atoms. The average molecular weight is 278 g/mol. The van der Waals surface area contributed by atoms with E-state index in [0.717, 1.165) is 18.7 Å². The van der Waals surface area contributed by atoms with Gasteiger partial charge in [0.05, 0.1) is 12.3 Å². The van der Waals surface area contributed by atoms with Crippen molar-refractivity contribution in [1.29, 1.82) is 0 Å². The smallest absolute Gasteiger partial charge is 0.239 e. The maximum absolute atomic E-state index is 5.84. The molecule has 1 fully saturated rings. The second-order valence-corrected chi connectivity index (χ2v) is 5.28. The average Bonchev–Trinajstić information content (AvgIpc) is 2.45. The summed E-state index contributed by atoms with van der Waals surface area (Å²) >= 11 is 0. The first-order valence-corrected chi connectivity index (χ1v) is 7.61. The van der Waals surface area contributed by atoms with E-state index in [0.29, 0.717) is 24.2 Å². The van der Waals surface area contributed by atoms with Crippen molar-refractivity contribution in [3.8, 4) is 5.88 Å². The summed E-state index contributed by atoms with van der Waals surface area (Å²) < 4.78 is 5.43. The normalized spacial score (nSPS) is 17.1. The van der Waals surface area contributed by atoms with Crippen LogP contribution in [0.2, 0.25) is 0 Å². The maximum Gasteiger partial charge on any atom is 0.239 e. The van der Waals surface area contributed by atoms with Gasteiger partial charge in [-0.1, -0.05) is 6.92 Å². The van der Waals surface area contributed by atoms with Gasteiger partial charge in [-0.05, 0) is 44.9 Å². The summed E-state index contributed by atoms with van der Waals surface area (Å²) in [4.78, 5) is 6.97. The molecule has 0 bridgehead atoms. The Balaban J connectivity index is 1.89. The molecule has 1 aromatic heterocycles. The second-order valence-electron chi connectivity index (χ2n) is 5.28. The molecule has 0 unspecified atom stereocenters. The summed E-state index contributed by atoms with van der Waals surface area (Å²) in [6.07, 6.45) is 3.56. The van der Waals surface area contributed by atoms with Crippen molar-refractivity contribution >= 4 is 11.5 Å². The lowest BCUT2D eigenvalue weighted by atomic mass is 10.0. The highest BCUT2D eigenvalue weighted by Crippen LogP contribution is 2.22. The number of hydrogen-bond acceptors (Lipinski definition) is 5. The molecule has 0 amide bonds. The van der Waals surface area contributed by atoms with Crippen molar-refractivity contribution < 1.29 is 4.74 Å². The molecule has 112 valence electrons. The van der Waals surface area contributed by atoms with Gasteiger partial charge in [0.15, 0.2) is 0 Å². The first kappa shape index (κ1) is 14.9. The number of hydrogen-bond donors (Lipinski definition) is 2. The van der Waals surface area contributed by atoms with Crippen molar-refractivity contribution in [3.05, 3.63) is 12.1 Å². The first-order valence-electron chi connectivity index (χ1n) is 7.61. The zero-order chi connectivity index (χ0) is 14.4. The minimum atomic E-state index is 0.494. The fourth-order valence-corrected chi connectivity index (χ4v) is 2.61. The predicted octanol–water partition coefficient (Wildman–Crippen LogP) is 2.35. The Morgan fingerprint density at radius 3 is 2.75 bits per heavy atom. The number of pyridine rings is 1. The van der Waals surface area contributed by atoms with Crippen LogP contribution < -0.4 is 15.8 Å². The van der Waals surface area contributed by atoms with Crippen LogP contribution in [-0.4, -0.2) is 42.2 Å². The van der Waals surface area contributed by atoms with E-state index in [-0.39, 0.29) is 0 Å². The van der Waals surface area contributed by atoms with E-state index < -0.39 is 0 Å². The predicted molar refractivity (Wildman–Crippen MR) is 83.2 cm³/mol. The Kier molecular flexibility index (Phi) is 5.47. The lowest BCUT2D eigenvalue weighted by Crippen LogP contribution is -2.39. The van der Waals surface area contributed by atoms with Gasteiger partial charge in [0.2, 0.25) is 5.88 Å². The zero-order valence-electron chi connectivity index (χ0n) is 12.6. The van der Waals surface area contributed by atoms with Gasteiger partial charge in [-0.2, -0.15) is 4.98 Å². The Morgan fingerprint density at radius 1 is 1.35 bits per heavy atom. The van der Waals surface area contributed by atoms with Gasteiger partial charge in [-0.25, -0.2) is 0 Å². The molecule has 0 saturated carbocycles. The van der Waals surface area contributed by atoms with Crippen molar-refractivity contribution in [2.45, 2.75) is 39.2 Å². The van der Waals surface area contributed by atoms with Crippen LogP contribution >= 0.6 is 0 Å². The summed E-state index contributed by atoms with van der Waals surface area (Å²) in [5.41, 5.74) is 6.43. The molecule has 0 aromatic carbocycles. The molecule has 3 N–H and O–H groups in total. The van der Waals surface area contributed by atoms with Gasteiger partial charge in [0, 0.05) is 19.1 Å². The molecule has 1 saturated heterocycles. The number of nitrogens with zero attached hydrogens (tertiary/aromatic N) is 2. The number of nitrogens with two attached hydrogens (primary N) is 1.